The highest BCUT2D eigenvalue weighted by atomic mass is 32.1. The lowest BCUT2D eigenvalue weighted by atomic mass is 10.1. The molecule has 0 saturated heterocycles. The fraction of sp³-hybridized carbons (Fsp3) is 0.143. The van der Waals surface area contributed by atoms with Crippen LogP contribution in [0.3, 0.4) is 0 Å². The summed E-state index contributed by atoms with van der Waals surface area (Å²) in [6.07, 6.45) is 3.83. The second kappa shape index (κ2) is 5.84. The molecule has 0 amide bonds. The number of benzene rings is 1. The van der Waals surface area contributed by atoms with E-state index in [1.54, 1.807) is 6.20 Å². The van der Waals surface area contributed by atoms with E-state index in [1.165, 1.54) is 6.20 Å². The van der Waals surface area contributed by atoms with Gasteiger partial charge in [0.15, 0.2) is 5.13 Å². The molecule has 2 heterocycles. The van der Waals surface area contributed by atoms with Crippen LogP contribution in [0.2, 0.25) is 0 Å². The first kappa shape index (κ1) is 13.4. The average Bonchev–Trinajstić information content (AvgIpc) is 2.97. The van der Waals surface area contributed by atoms with Crippen LogP contribution in [0.5, 0.6) is 0 Å². The normalized spacial score (nSPS) is 10.7. The number of pyridine rings is 1. The zero-order valence-corrected chi connectivity index (χ0v) is 11.8. The van der Waals surface area contributed by atoms with E-state index in [2.05, 4.69) is 15.3 Å². The molecule has 0 aliphatic carbocycles. The van der Waals surface area contributed by atoms with Gasteiger partial charge in [-0.05, 0) is 29.4 Å². The Labute approximate surface area is 124 Å². The second-order valence-electron chi connectivity index (χ2n) is 4.43. The standard InChI is InChI=1S/C14H12N4O2S/c19-18(20)12-9-17-14(21-12)16-8-6-11-4-1-3-10-5-2-7-15-13(10)11/h1-5,7,9H,6,8H2,(H,16,17). The minimum absolute atomic E-state index is 0.0457. The largest absolute Gasteiger partial charge is 0.361 e. The molecule has 1 aromatic carbocycles. The number of nitro groups is 1. The van der Waals surface area contributed by atoms with E-state index in [4.69, 9.17) is 0 Å². The predicted molar refractivity (Wildman–Crippen MR) is 82.7 cm³/mol. The summed E-state index contributed by atoms with van der Waals surface area (Å²) in [4.78, 5) is 18.5. The summed E-state index contributed by atoms with van der Waals surface area (Å²) in [6.45, 7) is 0.653. The molecule has 0 atom stereocenters. The van der Waals surface area contributed by atoms with Gasteiger partial charge in [0.25, 0.3) is 0 Å². The van der Waals surface area contributed by atoms with Gasteiger partial charge in [0.2, 0.25) is 0 Å². The van der Waals surface area contributed by atoms with E-state index in [-0.39, 0.29) is 5.00 Å². The average molecular weight is 300 g/mol. The van der Waals surface area contributed by atoms with Crippen LogP contribution in [0.25, 0.3) is 10.9 Å². The Balaban J connectivity index is 1.68. The van der Waals surface area contributed by atoms with Crippen LogP contribution in [0.15, 0.2) is 42.7 Å². The fourth-order valence-electron chi connectivity index (χ4n) is 2.10. The molecule has 7 heteroatoms. The lowest BCUT2D eigenvalue weighted by molar-refractivity contribution is -0.380. The summed E-state index contributed by atoms with van der Waals surface area (Å²) >= 11 is 1.04. The number of nitrogens with zero attached hydrogens (tertiary/aromatic N) is 3. The van der Waals surface area contributed by atoms with Gasteiger partial charge in [0.1, 0.15) is 6.20 Å². The lowest BCUT2D eigenvalue weighted by Crippen LogP contribution is -2.05. The molecule has 1 N–H and O–H groups in total. The smallest absolute Gasteiger partial charge is 0.345 e. The van der Waals surface area contributed by atoms with Crippen molar-refractivity contribution >= 4 is 32.4 Å². The van der Waals surface area contributed by atoms with Gasteiger partial charge in [-0.25, -0.2) is 4.98 Å². The highest BCUT2D eigenvalue weighted by Crippen LogP contribution is 2.25. The molecule has 0 aliphatic heterocycles. The van der Waals surface area contributed by atoms with E-state index in [9.17, 15) is 10.1 Å². The molecule has 0 spiro atoms. The predicted octanol–water partition coefficient (Wildman–Crippen LogP) is 3.25. The van der Waals surface area contributed by atoms with Crippen LogP contribution in [-0.4, -0.2) is 21.4 Å². The Bertz CT molecular complexity index is 782. The van der Waals surface area contributed by atoms with E-state index in [1.807, 2.05) is 30.3 Å². The number of aromatic nitrogens is 2. The molecule has 0 saturated carbocycles. The van der Waals surface area contributed by atoms with Crippen LogP contribution >= 0.6 is 11.3 Å². The Kier molecular flexibility index (Phi) is 3.74. The van der Waals surface area contributed by atoms with Gasteiger partial charge in [0.05, 0.1) is 10.4 Å². The molecule has 3 aromatic rings. The van der Waals surface area contributed by atoms with Gasteiger partial charge in [0, 0.05) is 18.1 Å². The number of anilines is 1. The van der Waals surface area contributed by atoms with E-state index < -0.39 is 4.92 Å². The molecular weight excluding hydrogens is 288 g/mol. The Morgan fingerprint density at radius 2 is 2.10 bits per heavy atom. The molecule has 106 valence electrons. The number of hydrogen-bond acceptors (Lipinski definition) is 6. The van der Waals surface area contributed by atoms with Crippen molar-refractivity contribution in [1.82, 2.24) is 9.97 Å². The molecular formula is C14H12N4O2S. The molecule has 0 bridgehead atoms. The van der Waals surface area contributed by atoms with Crippen molar-refractivity contribution in [2.45, 2.75) is 6.42 Å². The van der Waals surface area contributed by atoms with Crippen molar-refractivity contribution < 1.29 is 4.92 Å². The number of nitrogens with one attached hydrogen (secondary N) is 1. The third-order valence-corrected chi connectivity index (χ3v) is 3.97. The summed E-state index contributed by atoms with van der Waals surface area (Å²) in [5.74, 6) is 0. The van der Waals surface area contributed by atoms with E-state index in [0.717, 1.165) is 34.2 Å². The summed E-state index contributed by atoms with van der Waals surface area (Å²) in [6, 6.07) is 10.0. The molecule has 21 heavy (non-hydrogen) atoms. The maximum absolute atomic E-state index is 10.6. The Hall–Kier alpha value is -2.54. The number of fused-ring (bicyclic) bond motifs is 1. The van der Waals surface area contributed by atoms with Gasteiger partial charge in [-0.1, -0.05) is 24.3 Å². The molecule has 6 nitrogen and oxygen atoms in total. The first-order valence-electron chi connectivity index (χ1n) is 6.41. The quantitative estimate of drug-likeness (QED) is 0.578. The topological polar surface area (TPSA) is 81.0 Å². The van der Waals surface area contributed by atoms with E-state index in [0.29, 0.717) is 11.7 Å². The third kappa shape index (κ3) is 2.97. The van der Waals surface area contributed by atoms with Crippen molar-refractivity contribution in [2.75, 3.05) is 11.9 Å². The van der Waals surface area contributed by atoms with Gasteiger partial charge >= 0.3 is 5.00 Å². The highest BCUT2D eigenvalue weighted by Gasteiger charge is 2.11. The summed E-state index contributed by atoms with van der Waals surface area (Å²) in [7, 11) is 0. The lowest BCUT2D eigenvalue weighted by Gasteiger charge is -2.06. The Morgan fingerprint density at radius 3 is 2.90 bits per heavy atom. The monoisotopic (exact) mass is 300 g/mol. The zero-order valence-electron chi connectivity index (χ0n) is 11.0. The van der Waals surface area contributed by atoms with Gasteiger partial charge in [-0.15, -0.1) is 0 Å². The SMILES string of the molecule is O=[N+]([O-])c1cnc(NCCc2cccc3cccnc23)s1. The molecule has 0 aliphatic rings. The third-order valence-electron chi connectivity index (χ3n) is 3.06. The van der Waals surface area contributed by atoms with Crippen molar-refractivity contribution in [3.8, 4) is 0 Å². The minimum atomic E-state index is -0.433. The first-order chi connectivity index (χ1) is 10.2. The number of hydrogen-bond donors (Lipinski definition) is 1. The summed E-state index contributed by atoms with van der Waals surface area (Å²) < 4.78 is 0. The molecule has 3 rings (SSSR count). The maximum Gasteiger partial charge on any atom is 0.345 e. The van der Waals surface area contributed by atoms with Crippen molar-refractivity contribution in [3.05, 3.63) is 58.4 Å². The molecule has 2 aromatic heterocycles. The second-order valence-corrected chi connectivity index (χ2v) is 5.44. The summed E-state index contributed by atoms with van der Waals surface area (Å²) in [5, 5.41) is 15.4. The summed E-state index contributed by atoms with van der Waals surface area (Å²) in [5.41, 5.74) is 2.14. The zero-order chi connectivity index (χ0) is 14.7. The van der Waals surface area contributed by atoms with E-state index >= 15 is 0 Å². The van der Waals surface area contributed by atoms with Crippen LogP contribution in [0.1, 0.15) is 5.56 Å². The minimum Gasteiger partial charge on any atom is -0.361 e. The Morgan fingerprint density at radius 1 is 1.24 bits per heavy atom. The van der Waals surface area contributed by atoms with Gasteiger partial charge in [-0.3, -0.25) is 15.1 Å². The molecule has 0 unspecified atom stereocenters. The fourth-order valence-corrected chi connectivity index (χ4v) is 2.76. The molecule has 0 fully saturated rings. The first-order valence-corrected chi connectivity index (χ1v) is 7.22. The number of thiazole rings is 1. The van der Waals surface area contributed by atoms with Crippen LogP contribution in [0, 0.1) is 10.1 Å². The molecule has 0 radical (unpaired) electrons. The van der Waals surface area contributed by atoms with Crippen molar-refractivity contribution in [1.29, 1.82) is 0 Å². The van der Waals surface area contributed by atoms with Gasteiger partial charge in [-0.2, -0.15) is 0 Å². The maximum atomic E-state index is 10.6. The van der Waals surface area contributed by atoms with Crippen molar-refractivity contribution in [3.63, 3.8) is 0 Å². The highest BCUT2D eigenvalue weighted by molar-refractivity contribution is 7.18. The van der Waals surface area contributed by atoms with Gasteiger partial charge < -0.3 is 5.32 Å². The number of para-hydroxylation sites is 1. The van der Waals surface area contributed by atoms with Crippen LogP contribution in [0.4, 0.5) is 10.1 Å². The number of rotatable bonds is 5. The van der Waals surface area contributed by atoms with Crippen LogP contribution < -0.4 is 5.32 Å². The van der Waals surface area contributed by atoms with Crippen LogP contribution in [-0.2, 0) is 6.42 Å². The van der Waals surface area contributed by atoms with Crippen molar-refractivity contribution in [2.24, 2.45) is 0 Å².